The third-order valence-electron chi connectivity index (χ3n) is 5.43. The Bertz CT molecular complexity index is 470. The molecule has 0 aromatic carbocycles. The molecule has 1 heterocycles. The van der Waals surface area contributed by atoms with Gasteiger partial charge in [-0.05, 0) is 37.5 Å². The van der Waals surface area contributed by atoms with Gasteiger partial charge < -0.3 is 10.4 Å². The Morgan fingerprint density at radius 2 is 1.64 bits per heavy atom. The summed E-state index contributed by atoms with van der Waals surface area (Å²) in [6.07, 6.45) is 13.3. The molecule has 3 rings (SSSR count). The summed E-state index contributed by atoms with van der Waals surface area (Å²) >= 11 is 0. The number of hydrogen-bond acceptors (Lipinski definition) is 3. The van der Waals surface area contributed by atoms with E-state index in [0.29, 0.717) is 17.9 Å². The Kier molecular flexibility index (Phi) is 5.01. The molecule has 0 unspecified atom stereocenters. The Morgan fingerprint density at radius 1 is 1.09 bits per heavy atom. The minimum atomic E-state index is -0.976. The first kappa shape index (κ1) is 15.4. The highest BCUT2D eigenvalue weighted by Gasteiger charge is 2.31. The second-order valence-electron chi connectivity index (χ2n) is 6.94. The third kappa shape index (κ3) is 3.62. The highest BCUT2D eigenvalue weighted by molar-refractivity contribution is 5.86. The number of aromatic carboxylic acids is 1. The Hall–Kier alpha value is -1.52. The number of aromatic nitrogens is 2. The maximum Gasteiger partial charge on any atom is 0.356 e. The zero-order valence-corrected chi connectivity index (χ0v) is 13.2. The van der Waals surface area contributed by atoms with Crippen LogP contribution in [0.25, 0.3) is 0 Å². The number of nitrogens with zero attached hydrogens (tertiary/aromatic N) is 1. The Balaban J connectivity index is 1.72. The molecule has 3 N–H and O–H groups in total. The number of rotatable bonds is 5. The monoisotopic (exact) mass is 305 g/mol. The van der Waals surface area contributed by atoms with Crippen LogP contribution in [-0.4, -0.2) is 27.3 Å². The van der Waals surface area contributed by atoms with Gasteiger partial charge in [-0.2, -0.15) is 5.10 Å². The summed E-state index contributed by atoms with van der Waals surface area (Å²) in [6, 6.07) is 2.09. The highest BCUT2D eigenvalue weighted by atomic mass is 16.4. The van der Waals surface area contributed by atoms with Crippen LogP contribution in [0, 0.1) is 11.8 Å². The molecule has 1 aromatic rings. The number of anilines is 1. The number of carboxylic acids is 1. The predicted octanol–water partition coefficient (Wildman–Crippen LogP) is 4.05. The minimum Gasteiger partial charge on any atom is -0.476 e. The van der Waals surface area contributed by atoms with E-state index in [1.165, 1.54) is 64.2 Å². The van der Waals surface area contributed by atoms with Crippen LogP contribution < -0.4 is 5.32 Å². The molecule has 1 aromatic heterocycles. The van der Waals surface area contributed by atoms with Crippen LogP contribution in [0.3, 0.4) is 0 Å². The molecule has 122 valence electrons. The minimum absolute atomic E-state index is 0.0912. The fraction of sp³-hybridized carbons (Fsp3) is 0.765. The first-order valence-electron chi connectivity index (χ1n) is 8.79. The maximum atomic E-state index is 11.0. The standard InChI is InChI=1S/C17H27N3O2/c21-17(22)14-11-15(20-19-14)18-16(12-7-3-1-4-8-12)13-9-5-2-6-10-13/h11-13,16H,1-10H2,(H,21,22)(H2,18,19,20). The lowest BCUT2D eigenvalue weighted by atomic mass is 9.74. The number of aromatic amines is 1. The maximum absolute atomic E-state index is 11.0. The lowest BCUT2D eigenvalue weighted by Crippen LogP contribution is -2.38. The number of hydrogen-bond donors (Lipinski definition) is 3. The Labute approximate surface area is 131 Å². The van der Waals surface area contributed by atoms with Crippen LogP contribution in [0.15, 0.2) is 6.07 Å². The number of carbonyl (C=O) groups is 1. The molecule has 0 aliphatic heterocycles. The second-order valence-corrected chi connectivity index (χ2v) is 6.94. The zero-order valence-electron chi connectivity index (χ0n) is 13.2. The van der Waals surface area contributed by atoms with Gasteiger partial charge in [-0.1, -0.05) is 38.5 Å². The van der Waals surface area contributed by atoms with E-state index in [1.807, 2.05) is 0 Å². The lowest BCUT2D eigenvalue weighted by molar-refractivity contribution is 0.0690. The molecule has 0 spiro atoms. The van der Waals surface area contributed by atoms with E-state index in [2.05, 4.69) is 15.5 Å². The van der Waals surface area contributed by atoms with Crippen LogP contribution in [0.5, 0.6) is 0 Å². The largest absolute Gasteiger partial charge is 0.476 e. The van der Waals surface area contributed by atoms with Crippen LogP contribution >= 0.6 is 0 Å². The van der Waals surface area contributed by atoms with Gasteiger partial charge in [0.05, 0.1) is 0 Å². The number of nitrogens with one attached hydrogen (secondary N) is 2. The molecule has 5 nitrogen and oxygen atoms in total. The molecule has 2 aliphatic rings. The predicted molar refractivity (Wildman–Crippen MR) is 86.1 cm³/mol. The second kappa shape index (κ2) is 7.16. The summed E-state index contributed by atoms with van der Waals surface area (Å²) in [7, 11) is 0. The normalized spacial score (nSPS) is 21.1. The summed E-state index contributed by atoms with van der Waals surface area (Å²) in [5.74, 6) is 1.22. The van der Waals surface area contributed by atoms with E-state index in [-0.39, 0.29) is 5.69 Å². The van der Waals surface area contributed by atoms with Gasteiger partial charge in [0.2, 0.25) is 0 Å². The van der Waals surface area contributed by atoms with Crippen LogP contribution in [-0.2, 0) is 0 Å². The SMILES string of the molecule is O=C(O)c1cc(NC(C2CCCCC2)C2CCCCC2)[nH]n1. The van der Waals surface area contributed by atoms with Gasteiger partial charge in [-0.15, -0.1) is 0 Å². The summed E-state index contributed by atoms with van der Waals surface area (Å²) in [4.78, 5) is 11.0. The van der Waals surface area contributed by atoms with Crippen molar-refractivity contribution in [1.82, 2.24) is 10.2 Å². The van der Waals surface area contributed by atoms with Crippen molar-refractivity contribution in [3.8, 4) is 0 Å². The summed E-state index contributed by atoms with van der Waals surface area (Å²) in [6.45, 7) is 0. The molecule has 0 amide bonds. The van der Waals surface area contributed by atoms with E-state index in [4.69, 9.17) is 5.11 Å². The Morgan fingerprint density at radius 3 is 2.09 bits per heavy atom. The summed E-state index contributed by atoms with van der Waals surface area (Å²) in [5.41, 5.74) is 0.0912. The first-order valence-corrected chi connectivity index (χ1v) is 8.79. The van der Waals surface area contributed by atoms with E-state index < -0.39 is 5.97 Å². The quantitative estimate of drug-likeness (QED) is 0.767. The molecular formula is C17H27N3O2. The number of carboxylic acid groups (broad SMARTS) is 1. The molecule has 0 saturated heterocycles. The van der Waals surface area contributed by atoms with Crippen molar-refractivity contribution in [2.75, 3.05) is 5.32 Å². The molecule has 0 radical (unpaired) electrons. The fourth-order valence-electron chi connectivity index (χ4n) is 4.29. The molecule has 5 heteroatoms. The van der Waals surface area contributed by atoms with Gasteiger partial charge in [0.15, 0.2) is 5.69 Å². The fourth-order valence-corrected chi connectivity index (χ4v) is 4.29. The van der Waals surface area contributed by atoms with Crippen LogP contribution in [0.1, 0.15) is 74.7 Å². The van der Waals surface area contributed by atoms with Gasteiger partial charge in [0.25, 0.3) is 0 Å². The van der Waals surface area contributed by atoms with Crippen molar-refractivity contribution in [3.63, 3.8) is 0 Å². The molecule has 2 fully saturated rings. The van der Waals surface area contributed by atoms with E-state index >= 15 is 0 Å². The topological polar surface area (TPSA) is 78.0 Å². The summed E-state index contributed by atoms with van der Waals surface area (Å²) in [5, 5.41) is 19.4. The van der Waals surface area contributed by atoms with Gasteiger partial charge in [0, 0.05) is 12.1 Å². The van der Waals surface area contributed by atoms with Gasteiger partial charge in [0.1, 0.15) is 5.82 Å². The lowest BCUT2D eigenvalue weighted by Gasteiger charge is -2.38. The van der Waals surface area contributed by atoms with Crippen molar-refractivity contribution in [1.29, 1.82) is 0 Å². The number of H-pyrrole nitrogens is 1. The molecule has 2 saturated carbocycles. The van der Waals surface area contributed by atoms with Crippen molar-refractivity contribution >= 4 is 11.8 Å². The van der Waals surface area contributed by atoms with Crippen LogP contribution in [0.4, 0.5) is 5.82 Å². The zero-order chi connectivity index (χ0) is 15.4. The highest BCUT2D eigenvalue weighted by Crippen LogP contribution is 2.37. The van der Waals surface area contributed by atoms with E-state index in [0.717, 1.165) is 5.82 Å². The van der Waals surface area contributed by atoms with Crippen molar-refractivity contribution in [3.05, 3.63) is 11.8 Å². The third-order valence-corrected chi connectivity index (χ3v) is 5.43. The molecule has 0 bridgehead atoms. The van der Waals surface area contributed by atoms with Crippen LogP contribution in [0.2, 0.25) is 0 Å². The summed E-state index contributed by atoms with van der Waals surface area (Å²) < 4.78 is 0. The van der Waals surface area contributed by atoms with Gasteiger partial charge in [-0.25, -0.2) is 4.79 Å². The van der Waals surface area contributed by atoms with Crippen molar-refractivity contribution in [2.45, 2.75) is 70.3 Å². The van der Waals surface area contributed by atoms with Gasteiger partial charge in [-0.3, -0.25) is 5.10 Å². The van der Waals surface area contributed by atoms with E-state index in [9.17, 15) is 4.79 Å². The average Bonchev–Trinajstić information content (AvgIpc) is 3.03. The van der Waals surface area contributed by atoms with E-state index in [1.54, 1.807) is 6.07 Å². The van der Waals surface area contributed by atoms with Gasteiger partial charge >= 0.3 is 5.97 Å². The smallest absolute Gasteiger partial charge is 0.356 e. The molecular weight excluding hydrogens is 278 g/mol. The molecule has 0 atom stereocenters. The first-order chi connectivity index (χ1) is 10.7. The molecule has 22 heavy (non-hydrogen) atoms. The van der Waals surface area contributed by atoms with Crippen molar-refractivity contribution in [2.24, 2.45) is 11.8 Å². The van der Waals surface area contributed by atoms with Crippen molar-refractivity contribution < 1.29 is 9.90 Å². The molecule has 2 aliphatic carbocycles. The average molecular weight is 305 g/mol.